The van der Waals surface area contributed by atoms with Crippen LogP contribution < -0.4 is 5.32 Å². The zero-order chi connectivity index (χ0) is 14.5. The fraction of sp³-hybridized carbons (Fsp3) is 0.667. The number of piperazine rings is 1. The first-order valence-corrected chi connectivity index (χ1v) is 8.14. The van der Waals surface area contributed by atoms with Crippen LogP contribution in [0.1, 0.15) is 45.7 Å². The van der Waals surface area contributed by atoms with E-state index < -0.39 is 0 Å². The highest BCUT2D eigenvalue weighted by Crippen LogP contribution is 2.23. The molecular formula is C18H30N2. The summed E-state index contributed by atoms with van der Waals surface area (Å²) in [6.07, 6.45) is 1.24. The number of benzene rings is 1. The average molecular weight is 274 g/mol. The Kier molecular flexibility index (Phi) is 5.62. The third kappa shape index (κ3) is 3.83. The molecule has 1 fully saturated rings. The molecule has 2 rings (SSSR count). The normalized spacial score (nSPS) is 25.9. The maximum Gasteiger partial charge on any atom is 0.0449 e. The van der Waals surface area contributed by atoms with Gasteiger partial charge in [-0.3, -0.25) is 4.90 Å². The predicted molar refractivity (Wildman–Crippen MR) is 86.8 cm³/mol. The van der Waals surface area contributed by atoms with Gasteiger partial charge in [-0.2, -0.15) is 0 Å². The Morgan fingerprint density at radius 2 is 1.90 bits per heavy atom. The minimum atomic E-state index is 0.485. The lowest BCUT2D eigenvalue weighted by molar-refractivity contribution is 0.0999. The van der Waals surface area contributed by atoms with Crippen molar-refractivity contribution in [1.82, 2.24) is 10.2 Å². The first kappa shape index (κ1) is 15.5. The van der Waals surface area contributed by atoms with Gasteiger partial charge in [0.1, 0.15) is 0 Å². The summed E-state index contributed by atoms with van der Waals surface area (Å²) in [6.45, 7) is 12.8. The van der Waals surface area contributed by atoms with Crippen LogP contribution in [0.15, 0.2) is 30.3 Å². The monoisotopic (exact) mass is 274 g/mol. The van der Waals surface area contributed by atoms with E-state index in [2.05, 4.69) is 68.2 Å². The van der Waals surface area contributed by atoms with Crippen molar-refractivity contribution in [3.8, 4) is 0 Å². The van der Waals surface area contributed by atoms with Crippen LogP contribution >= 0.6 is 0 Å². The molecular weight excluding hydrogens is 244 g/mol. The third-order valence-electron chi connectivity index (χ3n) is 4.87. The molecule has 1 aromatic carbocycles. The standard InChI is InChI=1S/C18H30N2/c1-5-17-11-19-18(16-9-7-6-8-10-16)13-20(17)12-15(4)14(2)3/h6-10,14-15,17-19H,5,11-13H2,1-4H3. The van der Waals surface area contributed by atoms with E-state index in [4.69, 9.17) is 0 Å². The molecule has 1 saturated heterocycles. The highest BCUT2D eigenvalue weighted by Gasteiger charge is 2.28. The lowest BCUT2D eigenvalue weighted by Gasteiger charge is -2.42. The van der Waals surface area contributed by atoms with Gasteiger partial charge in [0.15, 0.2) is 0 Å². The molecule has 0 spiro atoms. The Bertz CT molecular complexity index is 388. The molecule has 1 aliphatic heterocycles. The van der Waals surface area contributed by atoms with Crippen LogP contribution in [0, 0.1) is 11.8 Å². The second-order valence-corrected chi connectivity index (χ2v) is 6.61. The summed E-state index contributed by atoms with van der Waals surface area (Å²) in [4.78, 5) is 2.71. The summed E-state index contributed by atoms with van der Waals surface area (Å²) in [5, 5.41) is 3.73. The number of hydrogen-bond acceptors (Lipinski definition) is 2. The van der Waals surface area contributed by atoms with E-state index in [1.165, 1.54) is 18.5 Å². The highest BCUT2D eigenvalue weighted by atomic mass is 15.2. The number of rotatable bonds is 5. The minimum Gasteiger partial charge on any atom is -0.307 e. The molecule has 0 radical (unpaired) electrons. The largest absolute Gasteiger partial charge is 0.307 e. The maximum absolute atomic E-state index is 3.73. The summed E-state index contributed by atoms with van der Waals surface area (Å²) in [6, 6.07) is 12.0. The van der Waals surface area contributed by atoms with Crippen molar-refractivity contribution in [2.45, 2.75) is 46.2 Å². The molecule has 1 heterocycles. The topological polar surface area (TPSA) is 15.3 Å². The molecule has 20 heavy (non-hydrogen) atoms. The first-order valence-electron chi connectivity index (χ1n) is 8.14. The van der Waals surface area contributed by atoms with Crippen molar-refractivity contribution in [2.24, 2.45) is 11.8 Å². The smallest absolute Gasteiger partial charge is 0.0449 e. The second-order valence-electron chi connectivity index (χ2n) is 6.61. The van der Waals surface area contributed by atoms with Gasteiger partial charge in [-0.1, -0.05) is 58.0 Å². The van der Waals surface area contributed by atoms with Gasteiger partial charge in [0.2, 0.25) is 0 Å². The molecule has 0 saturated carbocycles. The number of nitrogens with one attached hydrogen (secondary N) is 1. The summed E-state index contributed by atoms with van der Waals surface area (Å²) >= 11 is 0. The SMILES string of the molecule is CCC1CNC(c2ccccc2)CN1CC(C)C(C)C. The van der Waals surface area contributed by atoms with Crippen LogP contribution in [-0.2, 0) is 0 Å². The van der Waals surface area contributed by atoms with Crippen molar-refractivity contribution in [3.05, 3.63) is 35.9 Å². The van der Waals surface area contributed by atoms with Gasteiger partial charge in [-0.05, 0) is 23.8 Å². The molecule has 0 aromatic heterocycles. The Hall–Kier alpha value is -0.860. The Labute approximate surface area is 124 Å². The van der Waals surface area contributed by atoms with E-state index in [1.54, 1.807) is 0 Å². The predicted octanol–water partition coefficient (Wildman–Crippen LogP) is 3.70. The van der Waals surface area contributed by atoms with Crippen LogP contribution in [0.25, 0.3) is 0 Å². The van der Waals surface area contributed by atoms with Gasteiger partial charge < -0.3 is 5.32 Å². The molecule has 0 aliphatic carbocycles. The van der Waals surface area contributed by atoms with E-state index in [-0.39, 0.29) is 0 Å². The fourth-order valence-corrected chi connectivity index (χ4v) is 2.97. The van der Waals surface area contributed by atoms with Crippen LogP contribution in [0.2, 0.25) is 0 Å². The van der Waals surface area contributed by atoms with E-state index in [0.29, 0.717) is 12.1 Å². The second kappa shape index (κ2) is 7.24. The van der Waals surface area contributed by atoms with Gasteiger partial charge >= 0.3 is 0 Å². The van der Waals surface area contributed by atoms with Crippen molar-refractivity contribution in [3.63, 3.8) is 0 Å². The van der Waals surface area contributed by atoms with Crippen LogP contribution in [0.5, 0.6) is 0 Å². The van der Waals surface area contributed by atoms with Gasteiger partial charge in [-0.25, -0.2) is 0 Å². The molecule has 1 N–H and O–H groups in total. The van der Waals surface area contributed by atoms with Crippen LogP contribution in [0.4, 0.5) is 0 Å². The molecule has 2 nitrogen and oxygen atoms in total. The highest BCUT2D eigenvalue weighted by molar-refractivity contribution is 5.20. The number of nitrogens with zero attached hydrogens (tertiary/aromatic N) is 1. The van der Waals surface area contributed by atoms with Crippen molar-refractivity contribution in [2.75, 3.05) is 19.6 Å². The molecule has 0 bridgehead atoms. The van der Waals surface area contributed by atoms with E-state index in [1.807, 2.05) is 0 Å². The van der Waals surface area contributed by atoms with E-state index in [9.17, 15) is 0 Å². The molecule has 3 atom stereocenters. The van der Waals surface area contributed by atoms with Gasteiger partial charge in [0.25, 0.3) is 0 Å². The van der Waals surface area contributed by atoms with Crippen molar-refractivity contribution in [1.29, 1.82) is 0 Å². The molecule has 0 amide bonds. The third-order valence-corrected chi connectivity index (χ3v) is 4.87. The first-order chi connectivity index (χ1) is 9.61. The lowest BCUT2D eigenvalue weighted by Crippen LogP contribution is -2.53. The summed E-state index contributed by atoms with van der Waals surface area (Å²) < 4.78 is 0. The van der Waals surface area contributed by atoms with Gasteiger partial charge in [0, 0.05) is 31.7 Å². The summed E-state index contributed by atoms with van der Waals surface area (Å²) in [5.74, 6) is 1.52. The Balaban J connectivity index is 2.03. The molecule has 3 unspecified atom stereocenters. The number of hydrogen-bond donors (Lipinski definition) is 1. The minimum absolute atomic E-state index is 0.485. The zero-order valence-corrected chi connectivity index (χ0v) is 13.5. The molecule has 2 heteroatoms. The summed E-state index contributed by atoms with van der Waals surface area (Å²) in [7, 11) is 0. The molecule has 112 valence electrons. The zero-order valence-electron chi connectivity index (χ0n) is 13.5. The van der Waals surface area contributed by atoms with E-state index >= 15 is 0 Å². The molecule has 1 aliphatic rings. The van der Waals surface area contributed by atoms with Crippen LogP contribution in [-0.4, -0.2) is 30.6 Å². The van der Waals surface area contributed by atoms with Crippen molar-refractivity contribution >= 4 is 0 Å². The maximum atomic E-state index is 3.73. The average Bonchev–Trinajstić information content (AvgIpc) is 2.48. The van der Waals surface area contributed by atoms with E-state index in [0.717, 1.165) is 24.9 Å². The van der Waals surface area contributed by atoms with Crippen molar-refractivity contribution < 1.29 is 0 Å². The van der Waals surface area contributed by atoms with Gasteiger partial charge in [-0.15, -0.1) is 0 Å². The lowest BCUT2D eigenvalue weighted by atomic mass is 9.94. The Morgan fingerprint density at radius 1 is 1.20 bits per heavy atom. The molecule has 1 aromatic rings. The summed E-state index contributed by atoms with van der Waals surface area (Å²) in [5.41, 5.74) is 1.42. The fourth-order valence-electron chi connectivity index (χ4n) is 2.97. The van der Waals surface area contributed by atoms with Crippen LogP contribution in [0.3, 0.4) is 0 Å². The quantitative estimate of drug-likeness (QED) is 0.880. The Morgan fingerprint density at radius 3 is 2.50 bits per heavy atom. The van der Waals surface area contributed by atoms with Gasteiger partial charge in [0.05, 0.1) is 0 Å².